The SMILES string of the molecule is Cc1ccccc1OCc1nc(SCC(=O)Nc2cccc(C)c2C)n[nH]1. The molecule has 1 amide bonds. The van der Waals surface area contributed by atoms with Crippen molar-refractivity contribution in [3.05, 3.63) is 65.0 Å². The highest BCUT2D eigenvalue weighted by atomic mass is 32.2. The van der Waals surface area contributed by atoms with E-state index < -0.39 is 0 Å². The number of nitrogens with one attached hydrogen (secondary N) is 2. The van der Waals surface area contributed by atoms with Gasteiger partial charge in [-0.1, -0.05) is 42.1 Å². The number of H-pyrrole nitrogens is 1. The zero-order chi connectivity index (χ0) is 19.2. The zero-order valence-electron chi connectivity index (χ0n) is 15.6. The van der Waals surface area contributed by atoms with Crippen molar-refractivity contribution in [2.45, 2.75) is 32.5 Å². The Morgan fingerprint density at radius 1 is 1.11 bits per heavy atom. The average Bonchev–Trinajstić information content (AvgIpc) is 3.11. The number of anilines is 1. The second-order valence-electron chi connectivity index (χ2n) is 6.20. The summed E-state index contributed by atoms with van der Waals surface area (Å²) in [5, 5.41) is 10.4. The van der Waals surface area contributed by atoms with Crippen molar-refractivity contribution >= 4 is 23.4 Å². The molecule has 0 radical (unpaired) electrons. The van der Waals surface area contributed by atoms with Crippen LogP contribution in [0.1, 0.15) is 22.5 Å². The molecule has 6 nitrogen and oxygen atoms in total. The van der Waals surface area contributed by atoms with E-state index in [1.807, 2.05) is 63.2 Å². The number of carbonyl (C=O) groups excluding carboxylic acids is 1. The molecule has 0 spiro atoms. The molecule has 2 aromatic carbocycles. The first kappa shape index (κ1) is 19.0. The molecule has 27 heavy (non-hydrogen) atoms. The minimum atomic E-state index is -0.0868. The fourth-order valence-electron chi connectivity index (χ4n) is 2.47. The van der Waals surface area contributed by atoms with Gasteiger partial charge in [-0.2, -0.15) is 0 Å². The minimum Gasteiger partial charge on any atom is -0.485 e. The van der Waals surface area contributed by atoms with E-state index in [4.69, 9.17) is 4.74 Å². The highest BCUT2D eigenvalue weighted by molar-refractivity contribution is 7.99. The van der Waals surface area contributed by atoms with Crippen molar-refractivity contribution < 1.29 is 9.53 Å². The van der Waals surface area contributed by atoms with Gasteiger partial charge >= 0.3 is 0 Å². The molecule has 1 aromatic heterocycles. The molecule has 0 aliphatic heterocycles. The Bertz CT molecular complexity index is 939. The first-order chi connectivity index (χ1) is 13.0. The molecule has 3 aromatic rings. The second-order valence-corrected chi connectivity index (χ2v) is 7.15. The van der Waals surface area contributed by atoms with Crippen LogP contribution < -0.4 is 10.1 Å². The number of aryl methyl sites for hydroxylation is 2. The van der Waals surface area contributed by atoms with E-state index in [2.05, 4.69) is 20.5 Å². The Hall–Kier alpha value is -2.80. The van der Waals surface area contributed by atoms with Crippen LogP contribution in [0.5, 0.6) is 5.75 Å². The molecule has 2 N–H and O–H groups in total. The van der Waals surface area contributed by atoms with Gasteiger partial charge in [-0.25, -0.2) is 4.98 Å². The van der Waals surface area contributed by atoms with Crippen molar-refractivity contribution in [2.24, 2.45) is 0 Å². The van der Waals surface area contributed by atoms with Crippen molar-refractivity contribution in [2.75, 3.05) is 11.1 Å². The molecule has 0 aliphatic rings. The number of aromatic amines is 1. The largest absolute Gasteiger partial charge is 0.485 e. The van der Waals surface area contributed by atoms with Gasteiger partial charge in [-0.3, -0.25) is 9.89 Å². The molecule has 1 heterocycles. The van der Waals surface area contributed by atoms with Crippen LogP contribution >= 0.6 is 11.8 Å². The molecular weight excluding hydrogens is 360 g/mol. The third-order valence-corrected chi connectivity index (χ3v) is 5.03. The third-order valence-electron chi connectivity index (χ3n) is 4.18. The van der Waals surface area contributed by atoms with Crippen molar-refractivity contribution in [3.63, 3.8) is 0 Å². The van der Waals surface area contributed by atoms with Gasteiger partial charge in [0.2, 0.25) is 11.1 Å². The van der Waals surface area contributed by atoms with E-state index in [0.29, 0.717) is 17.6 Å². The summed E-state index contributed by atoms with van der Waals surface area (Å²) >= 11 is 1.28. The maximum atomic E-state index is 12.2. The highest BCUT2D eigenvalue weighted by Gasteiger charge is 2.10. The van der Waals surface area contributed by atoms with Crippen LogP contribution in [-0.4, -0.2) is 26.8 Å². The van der Waals surface area contributed by atoms with Crippen LogP contribution in [0.15, 0.2) is 47.6 Å². The summed E-state index contributed by atoms with van der Waals surface area (Å²) in [6.07, 6.45) is 0. The number of aromatic nitrogens is 3. The summed E-state index contributed by atoms with van der Waals surface area (Å²) in [6.45, 7) is 6.31. The van der Waals surface area contributed by atoms with Crippen LogP contribution in [0, 0.1) is 20.8 Å². The monoisotopic (exact) mass is 382 g/mol. The van der Waals surface area contributed by atoms with Crippen LogP contribution in [0.25, 0.3) is 0 Å². The van der Waals surface area contributed by atoms with Crippen molar-refractivity contribution in [1.82, 2.24) is 15.2 Å². The van der Waals surface area contributed by atoms with Gasteiger partial charge < -0.3 is 10.1 Å². The van der Waals surface area contributed by atoms with E-state index in [1.54, 1.807) is 0 Å². The van der Waals surface area contributed by atoms with Crippen LogP contribution in [0.4, 0.5) is 5.69 Å². The third kappa shape index (κ3) is 5.10. The van der Waals surface area contributed by atoms with E-state index in [1.165, 1.54) is 11.8 Å². The summed E-state index contributed by atoms with van der Waals surface area (Å²) in [4.78, 5) is 16.5. The summed E-state index contributed by atoms with van der Waals surface area (Å²) in [7, 11) is 0. The van der Waals surface area contributed by atoms with Gasteiger partial charge in [-0.15, -0.1) is 5.10 Å². The summed E-state index contributed by atoms with van der Waals surface area (Å²) < 4.78 is 5.74. The van der Waals surface area contributed by atoms with Crippen molar-refractivity contribution in [3.8, 4) is 5.75 Å². The van der Waals surface area contributed by atoms with Crippen LogP contribution in [-0.2, 0) is 11.4 Å². The number of nitrogens with zero attached hydrogens (tertiary/aromatic N) is 2. The molecule has 0 saturated carbocycles. The molecule has 3 rings (SSSR count). The average molecular weight is 382 g/mol. The Balaban J connectivity index is 1.50. The number of amides is 1. The standard InChI is InChI=1S/C20H22N4O2S/c1-13-8-6-9-16(15(13)3)21-19(25)12-27-20-22-18(23-24-20)11-26-17-10-5-4-7-14(17)2/h4-10H,11-12H2,1-3H3,(H,21,25)(H,22,23,24). The first-order valence-electron chi connectivity index (χ1n) is 8.61. The van der Waals surface area contributed by atoms with E-state index in [0.717, 1.165) is 28.1 Å². The summed E-state index contributed by atoms with van der Waals surface area (Å²) in [5.41, 5.74) is 4.12. The number of hydrogen-bond acceptors (Lipinski definition) is 5. The molecular formula is C20H22N4O2S. The van der Waals surface area contributed by atoms with Gasteiger partial charge in [-0.05, 0) is 49.6 Å². The lowest BCUT2D eigenvalue weighted by atomic mass is 10.1. The van der Waals surface area contributed by atoms with Crippen molar-refractivity contribution in [1.29, 1.82) is 0 Å². The smallest absolute Gasteiger partial charge is 0.234 e. The topological polar surface area (TPSA) is 79.9 Å². The Labute approximate surface area is 162 Å². The maximum Gasteiger partial charge on any atom is 0.234 e. The summed E-state index contributed by atoms with van der Waals surface area (Å²) in [5.74, 6) is 1.59. The lowest BCUT2D eigenvalue weighted by molar-refractivity contribution is -0.113. The summed E-state index contributed by atoms with van der Waals surface area (Å²) in [6, 6.07) is 13.7. The number of rotatable bonds is 7. The molecule has 140 valence electrons. The zero-order valence-corrected chi connectivity index (χ0v) is 16.4. The number of carbonyl (C=O) groups is 1. The number of para-hydroxylation sites is 1. The van der Waals surface area contributed by atoms with Gasteiger partial charge in [0.25, 0.3) is 0 Å². The van der Waals surface area contributed by atoms with Gasteiger partial charge in [0.1, 0.15) is 12.4 Å². The van der Waals surface area contributed by atoms with Gasteiger partial charge in [0.05, 0.1) is 5.75 Å². The van der Waals surface area contributed by atoms with Crippen LogP contribution in [0.3, 0.4) is 0 Å². The lowest BCUT2D eigenvalue weighted by Gasteiger charge is -2.09. The normalized spacial score (nSPS) is 10.6. The Morgan fingerprint density at radius 3 is 2.70 bits per heavy atom. The Morgan fingerprint density at radius 2 is 1.89 bits per heavy atom. The fourth-order valence-corrected chi connectivity index (χ4v) is 3.09. The quantitative estimate of drug-likeness (QED) is 0.603. The first-order valence-corrected chi connectivity index (χ1v) is 9.60. The number of benzene rings is 2. The lowest BCUT2D eigenvalue weighted by Crippen LogP contribution is -2.15. The Kier molecular flexibility index (Phi) is 6.13. The van der Waals surface area contributed by atoms with E-state index >= 15 is 0 Å². The predicted octanol–water partition coefficient (Wildman–Crippen LogP) is 4.04. The molecule has 7 heteroatoms. The highest BCUT2D eigenvalue weighted by Crippen LogP contribution is 2.20. The predicted molar refractivity (Wildman–Crippen MR) is 107 cm³/mol. The number of ether oxygens (including phenoxy) is 1. The van der Waals surface area contributed by atoms with E-state index in [9.17, 15) is 4.79 Å². The fraction of sp³-hybridized carbons (Fsp3) is 0.250. The minimum absolute atomic E-state index is 0.0868. The van der Waals surface area contributed by atoms with Crippen LogP contribution in [0.2, 0.25) is 0 Å². The second kappa shape index (κ2) is 8.73. The van der Waals surface area contributed by atoms with Gasteiger partial charge in [0.15, 0.2) is 5.82 Å². The van der Waals surface area contributed by atoms with Gasteiger partial charge in [0, 0.05) is 5.69 Å². The maximum absolute atomic E-state index is 12.2. The molecule has 0 unspecified atom stereocenters. The number of hydrogen-bond donors (Lipinski definition) is 2. The molecule has 0 aliphatic carbocycles. The molecule has 0 bridgehead atoms. The number of thioether (sulfide) groups is 1. The molecule has 0 atom stereocenters. The molecule has 0 saturated heterocycles. The van der Waals surface area contributed by atoms with E-state index in [-0.39, 0.29) is 11.7 Å². The molecule has 0 fully saturated rings.